The van der Waals surface area contributed by atoms with Gasteiger partial charge in [0.25, 0.3) is 5.69 Å². The maximum Gasteiger partial charge on any atom is 0.514 e. The summed E-state index contributed by atoms with van der Waals surface area (Å²) in [5, 5.41) is 11.2. The van der Waals surface area contributed by atoms with Crippen LogP contribution < -0.4 is 4.74 Å². The number of cyclic esters (lactones) is 1. The van der Waals surface area contributed by atoms with Crippen molar-refractivity contribution < 1.29 is 56.3 Å². The van der Waals surface area contributed by atoms with E-state index in [1.165, 1.54) is 31.2 Å². The molecule has 0 N–H and O–H groups in total. The highest BCUT2D eigenvalue weighted by Gasteiger charge is 2.55. The van der Waals surface area contributed by atoms with Crippen molar-refractivity contribution in [1.29, 1.82) is 0 Å². The smallest absolute Gasteiger partial charge is 0.458 e. The Balaban J connectivity index is 2.09. The van der Waals surface area contributed by atoms with E-state index in [2.05, 4.69) is 102 Å². The van der Waals surface area contributed by atoms with Crippen LogP contribution >= 0.6 is 0 Å². The predicted octanol–water partition coefficient (Wildman–Crippen LogP) is 14.4. The summed E-state index contributed by atoms with van der Waals surface area (Å²) < 4.78 is 51.7. The van der Waals surface area contributed by atoms with Crippen molar-refractivity contribution >= 4 is 48.7 Å². The molecule has 0 saturated carbocycles. The van der Waals surface area contributed by atoms with Crippen LogP contribution in [0.25, 0.3) is 0 Å². The Labute approximate surface area is 436 Å². The summed E-state index contributed by atoms with van der Waals surface area (Å²) in [4.78, 5) is 50.8. The van der Waals surface area contributed by atoms with Gasteiger partial charge in [0.05, 0.1) is 35.3 Å². The van der Waals surface area contributed by atoms with Gasteiger partial charge < -0.3 is 37.0 Å². The number of nitrogens with zero attached hydrogens (tertiary/aromatic N) is 1. The van der Waals surface area contributed by atoms with Crippen LogP contribution in [0, 0.1) is 22.0 Å². The molecule has 3 rings (SSSR count). The maximum absolute atomic E-state index is 14.1. The van der Waals surface area contributed by atoms with Crippen LogP contribution in [-0.2, 0) is 41.8 Å². The second kappa shape index (κ2) is 29.0. The summed E-state index contributed by atoms with van der Waals surface area (Å²) in [7, 11) is -6.24. The quantitative estimate of drug-likeness (QED) is 0.00939. The SMILES string of the molecule is CC[C@H](O[Si](CC)(CC)CC)[C@@H](C)[C@H]1O[C@@H]1[C@@H](C)[C@@](C)(/C=C/C(C)=C(\C)[C@H]1C/C=C/[C@@H](OC(=O)Oc2ccc([N+](=O)[O-])cc2)[C@H](OC(C)=O)CC[C@@H](O[Si](CC)(CC)CC)CC(=O)O1)O[Si](CC)(CC)CC. The molecule has 1 saturated heterocycles. The second-order valence-corrected chi connectivity index (χ2v) is 34.6. The molecule has 0 spiro atoms. The van der Waals surface area contributed by atoms with Crippen LogP contribution in [0.1, 0.15) is 143 Å². The molecule has 1 aromatic rings. The van der Waals surface area contributed by atoms with Gasteiger partial charge in [-0.2, -0.15) is 0 Å². The first kappa shape index (κ1) is 62.8. The van der Waals surface area contributed by atoms with Crippen molar-refractivity contribution in [2.75, 3.05) is 0 Å². The van der Waals surface area contributed by atoms with Crippen LogP contribution in [0.4, 0.5) is 10.5 Å². The monoisotopic (exact) mass is 1060 g/mol. The van der Waals surface area contributed by atoms with Crippen LogP contribution in [0.2, 0.25) is 54.4 Å². The molecule has 0 aliphatic carbocycles. The highest BCUT2D eigenvalue weighted by Crippen LogP contribution is 2.46. The number of carbonyl (C=O) groups is 3. The lowest BCUT2D eigenvalue weighted by molar-refractivity contribution is -0.384. The van der Waals surface area contributed by atoms with Crippen molar-refractivity contribution in [1.82, 2.24) is 0 Å². The van der Waals surface area contributed by atoms with Gasteiger partial charge in [-0.3, -0.25) is 19.7 Å². The third-order valence-electron chi connectivity index (χ3n) is 16.6. The summed E-state index contributed by atoms with van der Waals surface area (Å²) in [6, 6.07) is 13.9. The van der Waals surface area contributed by atoms with E-state index >= 15 is 0 Å². The Hall–Kier alpha value is -3.46. The number of rotatable bonds is 27. The lowest BCUT2D eigenvalue weighted by Crippen LogP contribution is -2.50. The number of allylic oxidation sites excluding steroid dienone is 2. The number of esters is 2. The summed E-state index contributed by atoms with van der Waals surface area (Å²) in [6.45, 7) is 34.2. The molecule has 72 heavy (non-hydrogen) atoms. The summed E-state index contributed by atoms with van der Waals surface area (Å²) >= 11 is 0. The first-order valence-electron chi connectivity index (χ1n) is 27.3. The van der Waals surface area contributed by atoms with Crippen molar-refractivity contribution in [2.45, 2.75) is 246 Å². The van der Waals surface area contributed by atoms with E-state index in [1.54, 1.807) is 12.2 Å². The topological polar surface area (TPSA) is 171 Å². The van der Waals surface area contributed by atoms with Crippen LogP contribution in [0.5, 0.6) is 5.75 Å². The van der Waals surface area contributed by atoms with Gasteiger partial charge >= 0.3 is 18.1 Å². The largest absolute Gasteiger partial charge is 0.514 e. The van der Waals surface area contributed by atoms with E-state index in [1.807, 2.05) is 13.8 Å². The van der Waals surface area contributed by atoms with Gasteiger partial charge in [0.1, 0.15) is 18.0 Å². The zero-order chi connectivity index (χ0) is 54.0. The van der Waals surface area contributed by atoms with E-state index in [0.717, 1.165) is 72.0 Å². The molecule has 0 unspecified atom stereocenters. The first-order chi connectivity index (χ1) is 34.0. The highest BCUT2D eigenvalue weighted by atomic mass is 28.4. The van der Waals surface area contributed by atoms with Crippen molar-refractivity contribution in [3.8, 4) is 5.75 Å². The average molecular weight is 1060 g/mol. The van der Waals surface area contributed by atoms with Crippen LogP contribution in [0.3, 0.4) is 0 Å². The van der Waals surface area contributed by atoms with Crippen molar-refractivity contribution in [2.24, 2.45) is 11.8 Å². The van der Waals surface area contributed by atoms with Gasteiger partial charge in [0.2, 0.25) is 0 Å². The van der Waals surface area contributed by atoms with Gasteiger partial charge in [-0.05, 0) is 124 Å². The maximum atomic E-state index is 14.1. The Kier molecular flexibility index (Phi) is 25.3. The van der Waals surface area contributed by atoms with Gasteiger partial charge in [0, 0.05) is 43.4 Å². The van der Waals surface area contributed by atoms with Gasteiger partial charge in [-0.1, -0.05) is 101 Å². The third-order valence-corrected chi connectivity index (χ3v) is 30.7. The predicted molar refractivity (Wildman–Crippen MR) is 293 cm³/mol. The first-order valence-corrected chi connectivity index (χ1v) is 34.9. The zero-order valence-corrected chi connectivity index (χ0v) is 50.0. The molecule has 10 atom stereocenters. The number of ether oxygens (including phenoxy) is 5. The number of benzene rings is 1. The molecule has 408 valence electrons. The van der Waals surface area contributed by atoms with Crippen LogP contribution in [0.15, 0.2) is 59.7 Å². The molecule has 2 aliphatic rings. The van der Waals surface area contributed by atoms with Crippen LogP contribution in [-0.4, -0.2) is 96.3 Å². The molecule has 0 amide bonds. The van der Waals surface area contributed by atoms with Gasteiger partial charge in [-0.25, -0.2) is 4.79 Å². The molecule has 17 heteroatoms. The molecule has 0 bridgehead atoms. The zero-order valence-electron chi connectivity index (χ0n) is 47.0. The molecule has 2 heterocycles. The van der Waals surface area contributed by atoms with Gasteiger partial charge in [-0.15, -0.1) is 0 Å². The van der Waals surface area contributed by atoms with E-state index < -0.39 is 78.0 Å². The summed E-state index contributed by atoms with van der Waals surface area (Å²) in [5.41, 5.74) is 0.903. The number of epoxide rings is 1. The molecule has 1 aromatic carbocycles. The number of hydrogen-bond donors (Lipinski definition) is 0. The number of carbonyl (C=O) groups excluding carboxylic acids is 3. The Morgan fingerprint density at radius 3 is 1.90 bits per heavy atom. The van der Waals surface area contributed by atoms with E-state index in [-0.39, 0.29) is 60.8 Å². The van der Waals surface area contributed by atoms with Gasteiger partial charge in [0.15, 0.2) is 31.1 Å². The van der Waals surface area contributed by atoms with E-state index in [4.69, 9.17) is 37.0 Å². The number of nitro benzene ring substituents is 1. The summed E-state index contributed by atoms with van der Waals surface area (Å²) in [5.74, 6) is -0.677. The average Bonchev–Trinajstić information content (AvgIpc) is 4.18. The fourth-order valence-electron chi connectivity index (χ4n) is 10.3. The standard InChI is InChI=1S/C55H93NO13Si3/c1-17-47(68-71(21-5,22-6)23-7)41(13)52-53(66-52)42(14)55(16,69-72(24-8,25-9)26-10)37-36-39(11)40(12)48-28-27-29-49(65-54(59)63-45-32-30-44(31-33-45)56(60)61)50(62-43(15)57)35-34-46(38-51(58)64-48)67-70(18-2,19-3)20-4/h27,29-33,36-37,41-42,46-50,52-53H,17-26,28,34-35,38H2,1-16H3/b29-27+,37-36+,40-39+/t41-,42-,46-,47+,48-,49-,50-,52-,53-,55-/m1/s1. The Bertz CT molecular complexity index is 1960. The highest BCUT2D eigenvalue weighted by molar-refractivity contribution is 6.74. The minimum atomic E-state index is -2.25. The Morgan fingerprint density at radius 1 is 0.819 bits per heavy atom. The summed E-state index contributed by atoms with van der Waals surface area (Å²) in [6.07, 6.45) is 5.17. The lowest BCUT2D eigenvalue weighted by atomic mass is 9.83. The fraction of sp³-hybridized carbons (Fsp3) is 0.727. The number of non-ortho nitro benzene ring substituents is 1. The molecule has 1 fully saturated rings. The van der Waals surface area contributed by atoms with Crippen molar-refractivity contribution in [3.63, 3.8) is 0 Å². The fourth-order valence-corrected chi connectivity index (χ4v) is 19.4. The molecule has 2 aliphatic heterocycles. The van der Waals surface area contributed by atoms with Crippen molar-refractivity contribution in [3.05, 3.63) is 69.8 Å². The molecule has 0 radical (unpaired) electrons. The normalized spacial score (nSPS) is 24.3. The molecular weight excluding hydrogens is 967 g/mol. The minimum Gasteiger partial charge on any atom is -0.458 e. The molecule has 0 aromatic heterocycles. The van der Waals surface area contributed by atoms with E-state index in [0.29, 0.717) is 6.42 Å². The molecular formula is C55H93NO13Si3. The lowest BCUT2D eigenvalue weighted by Gasteiger charge is -2.42. The minimum absolute atomic E-state index is 0.00391. The molecule has 14 nitrogen and oxygen atoms in total. The Morgan fingerprint density at radius 2 is 1.39 bits per heavy atom. The second-order valence-electron chi connectivity index (χ2n) is 20.5. The number of hydrogen-bond acceptors (Lipinski definition) is 13. The third kappa shape index (κ3) is 17.3. The number of nitro groups is 1. The van der Waals surface area contributed by atoms with E-state index in [9.17, 15) is 24.5 Å².